The van der Waals surface area contributed by atoms with Gasteiger partial charge in [-0.15, -0.1) is 0 Å². The molecule has 6 nitrogen and oxygen atoms in total. The molecule has 2 N–H and O–H groups in total. The summed E-state index contributed by atoms with van der Waals surface area (Å²) in [6.45, 7) is 2.20. The number of methoxy groups -OCH3 is 1. The van der Waals surface area contributed by atoms with Crippen molar-refractivity contribution < 1.29 is 14.6 Å². The number of rotatable bonds is 5. The molecule has 1 aromatic carbocycles. The lowest BCUT2D eigenvalue weighted by molar-refractivity contribution is -0.129. The fourth-order valence-corrected chi connectivity index (χ4v) is 3.12. The van der Waals surface area contributed by atoms with Crippen LogP contribution >= 0.6 is 0 Å². The van der Waals surface area contributed by atoms with Crippen LogP contribution in [0.1, 0.15) is 47.3 Å². The highest BCUT2D eigenvalue weighted by Gasteiger charge is 2.19. The average Bonchev–Trinajstić information content (AvgIpc) is 2.65. The van der Waals surface area contributed by atoms with E-state index in [1.165, 1.54) is 12.0 Å². The highest BCUT2D eigenvalue weighted by molar-refractivity contribution is 5.81. The van der Waals surface area contributed by atoms with E-state index in [2.05, 4.69) is 15.3 Å². The lowest BCUT2D eigenvalue weighted by Crippen LogP contribution is -2.30. The van der Waals surface area contributed by atoms with Gasteiger partial charge < -0.3 is 15.2 Å². The minimum Gasteiger partial charge on any atom is -0.497 e. The molecule has 0 radical (unpaired) electrons. The highest BCUT2D eigenvalue weighted by Crippen LogP contribution is 2.22. The van der Waals surface area contributed by atoms with Gasteiger partial charge in [0.2, 0.25) is 0 Å². The number of benzene rings is 1. The third-order valence-corrected chi connectivity index (χ3v) is 4.54. The first-order valence-electron chi connectivity index (χ1n) is 8.53. The molecule has 0 saturated heterocycles. The maximum atomic E-state index is 12.2. The van der Waals surface area contributed by atoms with Gasteiger partial charge >= 0.3 is 0 Å². The summed E-state index contributed by atoms with van der Waals surface area (Å²) in [5.41, 5.74) is 3.85. The van der Waals surface area contributed by atoms with Gasteiger partial charge in [0.1, 0.15) is 11.6 Å². The summed E-state index contributed by atoms with van der Waals surface area (Å²) in [6.07, 6.45) is 3.09. The van der Waals surface area contributed by atoms with Gasteiger partial charge in [0, 0.05) is 11.4 Å². The fraction of sp³-hybridized carbons (Fsp3) is 0.421. The van der Waals surface area contributed by atoms with Crippen LogP contribution in [0.5, 0.6) is 5.75 Å². The largest absolute Gasteiger partial charge is 0.497 e. The first-order chi connectivity index (χ1) is 12.1. The van der Waals surface area contributed by atoms with Crippen molar-refractivity contribution in [1.82, 2.24) is 15.3 Å². The number of amides is 1. The maximum absolute atomic E-state index is 12.2. The molecule has 1 atom stereocenters. The Morgan fingerprint density at radius 3 is 2.68 bits per heavy atom. The monoisotopic (exact) mass is 341 g/mol. The molecule has 132 valence electrons. The smallest absolute Gasteiger partial charge is 0.253 e. The molecule has 25 heavy (non-hydrogen) atoms. The molecule has 1 amide bonds. The number of nitrogens with one attached hydrogen (secondary N) is 1. The lowest BCUT2D eigenvalue weighted by Gasteiger charge is -2.18. The number of carbonyl (C=O) groups excluding carboxylic acids is 1. The van der Waals surface area contributed by atoms with Crippen LogP contribution in [0, 0.1) is 6.92 Å². The average molecular weight is 341 g/mol. The Kier molecular flexibility index (Phi) is 5.28. The zero-order valence-electron chi connectivity index (χ0n) is 14.6. The van der Waals surface area contributed by atoms with Crippen LogP contribution in [0.3, 0.4) is 0 Å². The molecule has 0 saturated carbocycles. The molecule has 0 fully saturated rings. The van der Waals surface area contributed by atoms with E-state index < -0.39 is 12.0 Å². The molecule has 0 bridgehead atoms. The van der Waals surface area contributed by atoms with Crippen molar-refractivity contribution in [2.45, 2.75) is 45.3 Å². The van der Waals surface area contributed by atoms with Gasteiger partial charge in [-0.25, -0.2) is 9.97 Å². The van der Waals surface area contributed by atoms with E-state index >= 15 is 0 Å². The third-order valence-electron chi connectivity index (χ3n) is 4.54. The number of hydrogen-bond acceptors (Lipinski definition) is 5. The van der Waals surface area contributed by atoms with Crippen LogP contribution < -0.4 is 10.1 Å². The summed E-state index contributed by atoms with van der Waals surface area (Å²) in [4.78, 5) is 21.3. The predicted molar refractivity (Wildman–Crippen MR) is 93.2 cm³/mol. The number of carbonyl (C=O) groups is 1. The second-order valence-electron chi connectivity index (χ2n) is 6.25. The number of aromatic nitrogens is 2. The Balaban J connectivity index is 1.64. The molecule has 1 aliphatic carbocycles. The summed E-state index contributed by atoms with van der Waals surface area (Å²) in [5, 5.41) is 12.9. The van der Waals surface area contributed by atoms with Crippen LogP contribution in [0.25, 0.3) is 0 Å². The molecule has 6 heteroatoms. The Morgan fingerprint density at radius 2 is 1.96 bits per heavy atom. The first kappa shape index (κ1) is 17.4. The number of aliphatic hydroxyl groups is 1. The van der Waals surface area contributed by atoms with Gasteiger partial charge in [-0.3, -0.25) is 4.79 Å². The zero-order chi connectivity index (χ0) is 17.8. The van der Waals surface area contributed by atoms with Crippen molar-refractivity contribution >= 4 is 5.91 Å². The topological polar surface area (TPSA) is 84.3 Å². The molecular formula is C19H23N3O3. The van der Waals surface area contributed by atoms with E-state index in [4.69, 9.17) is 4.74 Å². The fourth-order valence-electron chi connectivity index (χ4n) is 3.12. The van der Waals surface area contributed by atoms with Crippen LogP contribution in [-0.2, 0) is 24.2 Å². The van der Waals surface area contributed by atoms with Crippen molar-refractivity contribution in [2.24, 2.45) is 0 Å². The van der Waals surface area contributed by atoms with Crippen LogP contribution in [0.2, 0.25) is 0 Å². The van der Waals surface area contributed by atoms with Crippen LogP contribution in [-0.4, -0.2) is 28.1 Å². The van der Waals surface area contributed by atoms with Crippen LogP contribution in [0.4, 0.5) is 0 Å². The molecule has 0 aliphatic heterocycles. The van der Waals surface area contributed by atoms with Gasteiger partial charge in [-0.1, -0.05) is 12.1 Å². The molecule has 1 heterocycles. The molecule has 1 aliphatic rings. The quantitative estimate of drug-likeness (QED) is 0.869. The summed E-state index contributed by atoms with van der Waals surface area (Å²) in [5.74, 6) is 0.798. The Morgan fingerprint density at radius 1 is 1.24 bits per heavy atom. The minimum absolute atomic E-state index is 0.209. The van der Waals surface area contributed by atoms with Gasteiger partial charge in [0.25, 0.3) is 5.91 Å². The number of fused-ring (bicyclic) bond motifs is 1. The van der Waals surface area contributed by atoms with Gasteiger partial charge in [-0.2, -0.15) is 0 Å². The number of aliphatic hydroxyl groups excluding tert-OH is 1. The molecular weight excluding hydrogens is 318 g/mol. The third kappa shape index (κ3) is 3.96. The Bertz CT molecular complexity index is 759. The Labute approximate surface area is 147 Å². The molecule has 2 aromatic rings. The maximum Gasteiger partial charge on any atom is 0.253 e. The van der Waals surface area contributed by atoms with Gasteiger partial charge in [0.05, 0.1) is 13.7 Å². The molecule has 3 rings (SSSR count). The second kappa shape index (κ2) is 7.61. The number of aryl methyl sites for hydroxylation is 2. The number of ether oxygens (including phenoxy) is 1. The van der Waals surface area contributed by atoms with Gasteiger partial charge in [0.15, 0.2) is 6.10 Å². The molecule has 0 spiro atoms. The van der Waals surface area contributed by atoms with Crippen molar-refractivity contribution in [2.75, 3.05) is 7.11 Å². The minimum atomic E-state index is -1.23. The standard InChI is InChI=1S/C19H23N3O3/c1-12-15-5-3-4-6-16(15)22-17(21-12)11-20-19(24)18(23)13-7-9-14(25-2)10-8-13/h7-10,18,23H,3-6,11H2,1-2H3,(H,20,24)/t18-/m0/s1. The van der Waals surface area contributed by atoms with E-state index in [9.17, 15) is 9.90 Å². The van der Waals surface area contributed by atoms with Gasteiger partial charge in [-0.05, 0) is 55.9 Å². The Hall–Kier alpha value is -2.47. The van der Waals surface area contributed by atoms with Crippen molar-refractivity contribution in [3.8, 4) is 5.75 Å². The van der Waals surface area contributed by atoms with Crippen molar-refractivity contribution in [1.29, 1.82) is 0 Å². The molecule has 1 aromatic heterocycles. The lowest BCUT2D eigenvalue weighted by atomic mass is 9.95. The highest BCUT2D eigenvalue weighted by atomic mass is 16.5. The predicted octanol–water partition coefficient (Wildman–Crippen LogP) is 2.02. The number of hydrogen-bond donors (Lipinski definition) is 2. The second-order valence-corrected chi connectivity index (χ2v) is 6.25. The summed E-state index contributed by atoms with van der Waals surface area (Å²) in [6, 6.07) is 6.76. The van der Waals surface area contributed by atoms with Crippen molar-refractivity contribution in [3.05, 3.63) is 52.6 Å². The van der Waals surface area contributed by atoms with E-state index in [0.29, 0.717) is 17.1 Å². The summed E-state index contributed by atoms with van der Waals surface area (Å²) in [7, 11) is 1.57. The van der Waals surface area contributed by atoms with E-state index in [1.807, 2.05) is 6.92 Å². The summed E-state index contributed by atoms with van der Waals surface area (Å²) >= 11 is 0. The normalized spacial score (nSPS) is 14.5. The van der Waals surface area contributed by atoms with E-state index in [1.54, 1.807) is 31.4 Å². The first-order valence-corrected chi connectivity index (χ1v) is 8.53. The van der Waals surface area contributed by atoms with Crippen molar-refractivity contribution in [3.63, 3.8) is 0 Å². The number of nitrogens with zero attached hydrogens (tertiary/aromatic N) is 2. The summed E-state index contributed by atoms with van der Waals surface area (Å²) < 4.78 is 5.07. The van der Waals surface area contributed by atoms with Crippen LogP contribution in [0.15, 0.2) is 24.3 Å². The van der Waals surface area contributed by atoms with E-state index in [0.717, 1.165) is 30.7 Å². The zero-order valence-corrected chi connectivity index (χ0v) is 14.6. The van der Waals surface area contributed by atoms with E-state index in [-0.39, 0.29) is 6.54 Å². The SMILES string of the molecule is COc1ccc([C@H](O)C(=O)NCc2nc(C)c3c(n2)CCCC3)cc1. The molecule has 0 unspecified atom stereocenters.